The quantitative estimate of drug-likeness (QED) is 0.161. The number of fused-ring (bicyclic) bond motifs is 1. The minimum Gasteiger partial charge on any atom is -0.478 e. The Morgan fingerprint density at radius 1 is 1.00 bits per heavy atom. The van der Waals surface area contributed by atoms with Crippen LogP contribution in [0.25, 0.3) is 22.3 Å². The summed E-state index contributed by atoms with van der Waals surface area (Å²) < 4.78 is 88.3. The van der Waals surface area contributed by atoms with Gasteiger partial charge in [0.2, 0.25) is 5.88 Å². The van der Waals surface area contributed by atoms with Crippen molar-refractivity contribution >= 4 is 17.0 Å². The first-order valence-corrected chi connectivity index (χ1v) is 14.6. The van der Waals surface area contributed by atoms with Gasteiger partial charge >= 0.3 is 12.1 Å². The van der Waals surface area contributed by atoms with E-state index < -0.39 is 29.3 Å². The van der Waals surface area contributed by atoms with Gasteiger partial charge in [0.1, 0.15) is 24.1 Å². The van der Waals surface area contributed by atoms with Gasteiger partial charge in [0.05, 0.1) is 53.7 Å². The van der Waals surface area contributed by atoms with Crippen molar-refractivity contribution in [1.82, 2.24) is 14.5 Å². The van der Waals surface area contributed by atoms with E-state index in [-0.39, 0.29) is 53.3 Å². The Labute approximate surface area is 265 Å². The molecule has 6 rings (SSSR count). The summed E-state index contributed by atoms with van der Waals surface area (Å²) in [6, 6.07) is 15.4. The summed E-state index contributed by atoms with van der Waals surface area (Å²) in [6.07, 6.45) is -4.55. The third-order valence-electron chi connectivity index (χ3n) is 8.04. The molecule has 1 aliphatic rings. The van der Waals surface area contributed by atoms with Crippen LogP contribution < -0.4 is 4.74 Å². The average Bonchev–Trinajstić information content (AvgIpc) is 3.64. The van der Waals surface area contributed by atoms with Crippen LogP contribution in [0, 0.1) is 17.6 Å². The first kappa shape index (κ1) is 32.1. The molecular weight excluding hydrogens is 625 g/mol. The number of hydrogen-bond donors (Lipinski definition) is 1. The van der Waals surface area contributed by atoms with E-state index >= 15 is 8.78 Å². The molecule has 2 aromatic heterocycles. The van der Waals surface area contributed by atoms with Crippen LogP contribution in [-0.2, 0) is 28.7 Å². The molecule has 1 N–H and O–H groups in total. The molecule has 5 aromatic rings. The van der Waals surface area contributed by atoms with Crippen LogP contribution in [0.5, 0.6) is 5.88 Å². The summed E-state index contributed by atoms with van der Waals surface area (Å²) >= 11 is 0. The van der Waals surface area contributed by atoms with Gasteiger partial charge in [0.25, 0.3) is 0 Å². The average molecular weight is 654 g/mol. The van der Waals surface area contributed by atoms with Crippen molar-refractivity contribution in [3.05, 3.63) is 113 Å². The second-order valence-corrected chi connectivity index (χ2v) is 11.2. The van der Waals surface area contributed by atoms with E-state index in [2.05, 4.69) is 9.97 Å². The van der Waals surface area contributed by atoms with E-state index in [1.165, 1.54) is 36.4 Å². The van der Waals surface area contributed by atoms with Crippen molar-refractivity contribution in [3.8, 4) is 17.1 Å². The van der Waals surface area contributed by atoms with Gasteiger partial charge in [0.15, 0.2) is 0 Å². The normalized spacial score (nSPS) is 16.6. The van der Waals surface area contributed by atoms with Crippen LogP contribution >= 0.6 is 0 Å². The van der Waals surface area contributed by atoms with Gasteiger partial charge in [0, 0.05) is 31.1 Å². The number of halogens is 5. The van der Waals surface area contributed by atoms with Gasteiger partial charge in [-0.25, -0.2) is 23.5 Å². The summed E-state index contributed by atoms with van der Waals surface area (Å²) in [7, 11) is 1.57. The van der Waals surface area contributed by atoms with E-state index in [1.807, 2.05) is 4.57 Å². The first-order valence-electron chi connectivity index (χ1n) is 14.6. The fourth-order valence-electron chi connectivity index (χ4n) is 5.70. The number of pyridine rings is 1. The number of nitrogens with zero attached hydrogens (tertiary/aromatic N) is 3. The highest BCUT2D eigenvalue weighted by atomic mass is 19.4. The summed E-state index contributed by atoms with van der Waals surface area (Å²) in [5.41, 5.74) is 0.788. The van der Waals surface area contributed by atoms with Crippen molar-refractivity contribution < 1.29 is 46.1 Å². The Balaban J connectivity index is 1.27. The smallest absolute Gasteiger partial charge is 0.416 e. The lowest BCUT2D eigenvalue weighted by molar-refractivity contribution is -0.137. The van der Waals surface area contributed by atoms with Crippen LogP contribution in [0.3, 0.4) is 0 Å². The predicted molar refractivity (Wildman–Crippen MR) is 160 cm³/mol. The molecule has 13 heteroatoms. The number of hydrogen-bond acceptors (Lipinski definition) is 6. The molecule has 3 aromatic carbocycles. The second-order valence-electron chi connectivity index (χ2n) is 11.2. The first-order chi connectivity index (χ1) is 22.5. The molecule has 0 unspecified atom stereocenters. The van der Waals surface area contributed by atoms with Crippen molar-refractivity contribution in [2.75, 3.05) is 26.9 Å². The van der Waals surface area contributed by atoms with E-state index in [9.17, 15) is 23.1 Å². The van der Waals surface area contributed by atoms with Crippen molar-refractivity contribution in [3.63, 3.8) is 0 Å². The maximum Gasteiger partial charge on any atom is 0.416 e. The number of carboxylic acid groups (broad SMARTS) is 1. The molecule has 1 saturated heterocycles. The summed E-state index contributed by atoms with van der Waals surface area (Å²) in [5, 5.41) is 9.59. The second kappa shape index (κ2) is 13.1. The fraction of sp³-hybridized carbons (Fsp3) is 0.265. The molecule has 0 radical (unpaired) electrons. The molecule has 0 amide bonds. The van der Waals surface area contributed by atoms with Crippen molar-refractivity contribution in [2.45, 2.75) is 25.2 Å². The monoisotopic (exact) mass is 653 g/mol. The molecule has 0 bridgehead atoms. The molecule has 1 fully saturated rings. The van der Waals surface area contributed by atoms with Crippen LogP contribution in [0.2, 0.25) is 0 Å². The van der Waals surface area contributed by atoms with Gasteiger partial charge in [-0.1, -0.05) is 18.2 Å². The number of methoxy groups -OCH3 is 1. The number of aromatic nitrogens is 3. The minimum absolute atomic E-state index is 0.0261. The Bertz CT molecular complexity index is 1930. The molecular formula is C34H28F5N3O5. The van der Waals surface area contributed by atoms with E-state index in [0.717, 1.165) is 24.3 Å². The van der Waals surface area contributed by atoms with Crippen molar-refractivity contribution in [1.29, 1.82) is 0 Å². The molecule has 244 valence electrons. The molecule has 47 heavy (non-hydrogen) atoms. The zero-order valence-electron chi connectivity index (χ0n) is 24.9. The Kier molecular flexibility index (Phi) is 8.93. The Hall–Kier alpha value is -4.88. The standard InChI is InChI=1S/C34H28F5N3O5/c1-45-16-22-17-46-18-30(22)42-29-12-20(33(43)44)7-10-28(29)40-31(42)13-21-11-26(36)24(14-25(21)35)27-3-2-4-32(41-27)47-15-19-5-8-23(9-6-19)34(37,38)39/h2-12,14,22,30H,13,15-18H2,1H3,(H,43,44)/t22-,30+/m0/s1. The topological polar surface area (TPSA) is 95.7 Å². The van der Waals surface area contributed by atoms with Gasteiger partial charge in [-0.05, 0) is 59.7 Å². The summed E-state index contributed by atoms with van der Waals surface area (Å²) in [5.74, 6) is -2.16. The van der Waals surface area contributed by atoms with Crippen LogP contribution in [0.1, 0.15) is 38.9 Å². The van der Waals surface area contributed by atoms with Gasteiger partial charge in [-0.15, -0.1) is 0 Å². The number of carbonyl (C=O) groups is 1. The highest BCUT2D eigenvalue weighted by Gasteiger charge is 2.33. The van der Waals surface area contributed by atoms with Gasteiger partial charge in [-0.2, -0.15) is 13.2 Å². The zero-order valence-corrected chi connectivity index (χ0v) is 24.9. The number of aromatic carboxylic acids is 1. The predicted octanol–water partition coefficient (Wildman–Crippen LogP) is 7.10. The van der Waals surface area contributed by atoms with Gasteiger partial charge < -0.3 is 23.9 Å². The molecule has 8 nitrogen and oxygen atoms in total. The molecule has 0 aliphatic carbocycles. The van der Waals surface area contributed by atoms with Gasteiger partial charge in [-0.3, -0.25) is 0 Å². The third-order valence-corrected chi connectivity index (χ3v) is 8.04. The Morgan fingerprint density at radius 2 is 1.79 bits per heavy atom. The number of benzene rings is 3. The molecule has 0 saturated carbocycles. The maximum atomic E-state index is 15.7. The number of alkyl halides is 3. The van der Waals surface area contributed by atoms with E-state index in [1.54, 1.807) is 19.2 Å². The minimum atomic E-state index is -4.46. The molecule has 3 heterocycles. The SMILES string of the molecule is COC[C@H]1COC[C@H]1n1c(Cc2cc(F)c(-c3cccc(OCc4ccc(C(F)(F)F)cc4)n3)cc2F)nc2ccc(C(=O)O)cc21. The maximum absolute atomic E-state index is 15.7. The van der Waals surface area contributed by atoms with E-state index in [4.69, 9.17) is 14.2 Å². The van der Waals surface area contributed by atoms with Crippen molar-refractivity contribution in [2.24, 2.45) is 5.92 Å². The van der Waals surface area contributed by atoms with Crippen LogP contribution in [0.4, 0.5) is 22.0 Å². The number of rotatable bonds is 10. The highest BCUT2D eigenvalue weighted by Crippen LogP contribution is 2.34. The number of ether oxygens (including phenoxy) is 3. The lowest BCUT2D eigenvalue weighted by atomic mass is 10.0. The third kappa shape index (κ3) is 6.81. The lowest BCUT2D eigenvalue weighted by Crippen LogP contribution is -2.23. The largest absolute Gasteiger partial charge is 0.478 e. The van der Waals surface area contributed by atoms with Crippen LogP contribution in [-0.4, -0.2) is 52.5 Å². The molecule has 1 aliphatic heterocycles. The number of carboxylic acids is 1. The summed E-state index contributed by atoms with van der Waals surface area (Å²) in [4.78, 5) is 20.7. The fourth-order valence-corrected chi connectivity index (χ4v) is 5.70. The van der Waals surface area contributed by atoms with Crippen LogP contribution in [0.15, 0.2) is 72.8 Å². The zero-order chi connectivity index (χ0) is 33.3. The highest BCUT2D eigenvalue weighted by molar-refractivity contribution is 5.92. The molecule has 2 atom stereocenters. The Morgan fingerprint density at radius 3 is 2.51 bits per heavy atom. The summed E-state index contributed by atoms with van der Waals surface area (Å²) in [6.45, 7) is 1.01. The number of imidazole rings is 1. The lowest BCUT2D eigenvalue weighted by Gasteiger charge is -2.22. The molecule has 0 spiro atoms. The van der Waals surface area contributed by atoms with E-state index in [0.29, 0.717) is 42.2 Å².